The van der Waals surface area contributed by atoms with Gasteiger partial charge in [-0.25, -0.2) is 4.98 Å². The van der Waals surface area contributed by atoms with Gasteiger partial charge < -0.3 is 19.1 Å². The third kappa shape index (κ3) is 3.34. The van der Waals surface area contributed by atoms with Crippen molar-refractivity contribution in [2.24, 2.45) is 0 Å². The highest BCUT2D eigenvalue weighted by molar-refractivity contribution is 5.91. The molecular formula is C16H20N4O3. The van der Waals surface area contributed by atoms with Gasteiger partial charge >= 0.3 is 0 Å². The van der Waals surface area contributed by atoms with Crippen LogP contribution in [0.15, 0.2) is 28.8 Å². The van der Waals surface area contributed by atoms with Gasteiger partial charge in [0.2, 0.25) is 5.76 Å². The van der Waals surface area contributed by atoms with E-state index in [1.54, 1.807) is 17.9 Å². The number of hydrogen-bond donors (Lipinski definition) is 0. The second kappa shape index (κ2) is 6.37. The first kappa shape index (κ1) is 15.5. The molecule has 23 heavy (non-hydrogen) atoms. The van der Waals surface area contributed by atoms with Crippen LogP contribution in [0.3, 0.4) is 0 Å². The molecular weight excluding hydrogens is 296 g/mol. The van der Waals surface area contributed by atoms with E-state index in [4.69, 9.17) is 9.26 Å². The molecule has 0 N–H and O–H groups in total. The lowest BCUT2D eigenvalue weighted by molar-refractivity contribution is -0.0258. The Bertz CT molecular complexity index is 698. The Balaban J connectivity index is 1.75. The van der Waals surface area contributed by atoms with Crippen LogP contribution in [0.4, 0.5) is 5.82 Å². The maximum Gasteiger partial charge on any atom is 0.292 e. The summed E-state index contributed by atoms with van der Waals surface area (Å²) in [6.45, 7) is 3.24. The minimum Gasteiger partial charge on any atom is -0.368 e. The van der Waals surface area contributed by atoms with Crippen LogP contribution in [-0.4, -0.2) is 54.7 Å². The molecule has 0 bridgehead atoms. The summed E-state index contributed by atoms with van der Waals surface area (Å²) < 4.78 is 10.9. The zero-order chi connectivity index (χ0) is 16.4. The van der Waals surface area contributed by atoms with E-state index in [-0.39, 0.29) is 17.8 Å². The lowest BCUT2D eigenvalue weighted by Gasteiger charge is -2.32. The average Bonchev–Trinajstić information content (AvgIpc) is 3.01. The number of morpholine rings is 1. The molecule has 2 aromatic rings. The number of rotatable bonds is 3. The number of amides is 1. The van der Waals surface area contributed by atoms with Crippen molar-refractivity contribution < 1.29 is 14.1 Å². The summed E-state index contributed by atoms with van der Waals surface area (Å²) in [5.41, 5.74) is 1.51. The Morgan fingerprint density at radius 1 is 1.39 bits per heavy atom. The van der Waals surface area contributed by atoms with Crippen molar-refractivity contribution in [3.8, 4) is 0 Å². The molecule has 1 aliphatic rings. The first-order valence-electron chi connectivity index (χ1n) is 7.53. The van der Waals surface area contributed by atoms with Gasteiger partial charge in [0.15, 0.2) is 0 Å². The maximum absolute atomic E-state index is 12.5. The summed E-state index contributed by atoms with van der Waals surface area (Å²) in [6.07, 6.45) is -0.239. The van der Waals surface area contributed by atoms with Crippen LogP contribution in [0.5, 0.6) is 0 Å². The van der Waals surface area contributed by atoms with E-state index in [1.165, 1.54) is 0 Å². The van der Waals surface area contributed by atoms with Crippen molar-refractivity contribution in [2.45, 2.75) is 13.0 Å². The fraction of sp³-hybridized carbons (Fsp3) is 0.438. The smallest absolute Gasteiger partial charge is 0.292 e. The standard InChI is InChI=1S/C16H20N4O3/c1-11-9-13(23-18-11)16(21)20-7-8-22-14(10-20)12-5-4-6-15(17-12)19(2)3/h4-6,9,14H,7-8,10H2,1-3H3/t14-/m1/s1. The number of carbonyl (C=O) groups excluding carboxylic acids is 1. The predicted molar refractivity (Wildman–Crippen MR) is 84.4 cm³/mol. The number of ether oxygens (including phenoxy) is 1. The Labute approximate surface area is 134 Å². The third-order valence-corrected chi connectivity index (χ3v) is 3.74. The van der Waals surface area contributed by atoms with Gasteiger partial charge in [-0.1, -0.05) is 11.2 Å². The molecule has 0 aromatic carbocycles. The molecule has 7 nitrogen and oxygen atoms in total. The molecule has 7 heteroatoms. The van der Waals surface area contributed by atoms with Crippen molar-refractivity contribution in [2.75, 3.05) is 38.7 Å². The number of pyridine rings is 1. The average molecular weight is 316 g/mol. The fourth-order valence-corrected chi connectivity index (χ4v) is 2.50. The summed E-state index contributed by atoms with van der Waals surface area (Å²) >= 11 is 0. The summed E-state index contributed by atoms with van der Waals surface area (Å²) in [4.78, 5) is 20.7. The summed E-state index contributed by atoms with van der Waals surface area (Å²) in [6, 6.07) is 7.45. The highest BCUT2D eigenvalue weighted by Crippen LogP contribution is 2.23. The van der Waals surface area contributed by atoms with Crippen LogP contribution in [0.1, 0.15) is 28.0 Å². The normalized spacial score (nSPS) is 18.0. The summed E-state index contributed by atoms with van der Waals surface area (Å²) in [7, 11) is 3.88. The quantitative estimate of drug-likeness (QED) is 0.857. The SMILES string of the molecule is Cc1cc(C(=O)N2CCO[C@@H](c3cccc(N(C)C)n3)C2)on1. The van der Waals surface area contributed by atoms with Gasteiger partial charge in [0.25, 0.3) is 5.91 Å². The lowest BCUT2D eigenvalue weighted by atomic mass is 10.1. The molecule has 0 radical (unpaired) electrons. The van der Waals surface area contributed by atoms with E-state index in [0.29, 0.717) is 25.4 Å². The summed E-state index contributed by atoms with van der Waals surface area (Å²) in [5, 5.41) is 3.77. The monoisotopic (exact) mass is 316 g/mol. The Morgan fingerprint density at radius 3 is 2.91 bits per heavy atom. The molecule has 1 amide bonds. The van der Waals surface area contributed by atoms with Gasteiger partial charge in [0.05, 0.1) is 24.5 Å². The molecule has 1 fully saturated rings. The van der Waals surface area contributed by atoms with Crippen LogP contribution in [0.25, 0.3) is 0 Å². The highest BCUT2D eigenvalue weighted by Gasteiger charge is 2.29. The van der Waals surface area contributed by atoms with Crippen molar-refractivity contribution in [1.29, 1.82) is 0 Å². The van der Waals surface area contributed by atoms with Gasteiger partial charge in [0.1, 0.15) is 11.9 Å². The van der Waals surface area contributed by atoms with Crippen LogP contribution in [0.2, 0.25) is 0 Å². The Hall–Kier alpha value is -2.41. The topological polar surface area (TPSA) is 71.7 Å². The van der Waals surface area contributed by atoms with Gasteiger partial charge in [-0.3, -0.25) is 4.79 Å². The number of anilines is 1. The van der Waals surface area contributed by atoms with E-state index in [1.807, 2.05) is 37.2 Å². The summed E-state index contributed by atoms with van der Waals surface area (Å²) in [5.74, 6) is 0.959. The molecule has 3 rings (SSSR count). The molecule has 1 aliphatic heterocycles. The lowest BCUT2D eigenvalue weighted by Crippen LogP contribution is -2.42. The molecule has 1 atom stereocenters. The maximum atomic E-state index is 12.5. The number of nitrogens with zero attached hydrogens (tertiary/aromatic N) is 4. The Kier molecular flexibility index (Phi) is 4.29. The molecule has 0 unspecified atom stereocenters. The number of carbonyl (C=O) groups is 1. The number of aromatic nitrogens is 2. The second-order valence-corrected chi connectivity index (χ2v) is 5.76. The van der Waals surface area contributed by atoms with Crippen LogP contribution in [0, 0.1) is 6.92 Å². The number of hydrogen-bond acceptors (Lipinski definition) is 6. The predicted octanol–water partition coefficient (Wildman–Crippen LogP) is 1.66. The Morgan fingerprint density at radius 2 is 2.22 bits per heavy atom. The van der Waals surface area contributed by atoms with Crippen LogP contribution >= 0.6 is 0 Å². The molecule has 122 valence electrons. The molecule has 1 saturated heterocycles. The number of aryl methyl sites for hydroxylation is 1. The van der Waals surface area contributed by atoms with Gasteiger partial charge in [0, 0.05) is 26.7 Å². The van der Waals surface area contributed by atoms with Gasteiger partial charge in [-0.05, 0) is 19.1 Å². The highest BCUT2D eigenvalue weighted by atomic mass is 16.5. The third-order valence-electron chi connectivity index (χ3n) is 3.74. The van der Waals surface area contributed by atoms with E-state index in [2.05, 4.69) is 10.1 Å². The molecule has 0 saturated carbocycles. The van der Waals surface area contributed by atoms with Gasteiger partial charge in [-0.15, -0.1) is 0 Å². The first-order chi connectivity index (χ1) is 11.0. The minimum absolute atomic E-state index is 0.164. The van der Waals surface area contributed by atoms with Crippen LogP contribution in [-0.2, 0) is 4.74 Å². The van der Waals surface area contributed by atoms with Crippen molar-refractivity contribution in [1.82, 2.24) is 15.0 Å². The minimum atomic E-state index is -0.239. The zero-order valence-corrected chi connectivity index (χ0v) is 13.5. The van der Waals surface area contributed by atoms with E-state index in [9.17, 15) is 4.79 Å². The second-order valence-electron chi connectivity index (χ2n) is 5.76. The van der Waals surface area contributed by atoms with Crippen LogP contribution < -0.4 is 4.90 Å². The largest absolute Gasteiger partial charge is 0.368 e. The molecule has 0 spiro atoms. The van der Waals surface area contributed by atoms with Crippen molar-refractivity contribution in [3.63, 3.8) is 0 Å². The fourth-order valence-electron chi connectivity index (χ4n) is 2.50. The van der Waals surface area contributed by atoms with E-state index in [0.717, 1.165) is 11.5 Å². The van der Waals surface area contributed by atoms with E-state index < -0.39 is 0 Å². The first-order valence-corrected chi connectivity index (χ1v) is 7.53. The van der Waals surface area contributed by atoms with Crippen molar-refractivity contribution >= 4 is 11.7 Å². The molecule has 2 aromatic heterocycles. The molecule has 3 heterocycles. The van der Waals surface area contributed by atoms with E-state index >= 15 is 0 Å². The van der Waals surface area contributed by atoms with Gasteiger partial charge in [-0.2, -0.15) is 0 Å². The molecule has 0 aliphatic carbocycles. The zero-order valence-electron chi connectivity index (χ0n) is 13.5. The van der Waals surface area contributed by atoms with Crippen molar-refractivity contribution in [3.05, 3.63) is 41.4 Å².